The molecule has 0 fully saturated rings. The molecule has 0 aromatic heterocycles. The first kappa shape index (κ1) is 12.6. The number of carboxylic acids is 1. The molecular formula is C9H16N2O3. The number of carbonyl (C=O) groups excluding carboxylic acids is 1. The van der Waals surface area contributed by atoms with Gasteiger partial charge in [-0.15, -0.1) is 0 Å². The van der Waals surface area contributed by atoms with Crippen LogP contribution in [0, 0.1) is 0 Å². The third-order valence-electron chi connectivity index (χ3n) is 1.45. The van der Waals surface area contributed by atoms with Crippen molar-refractivity contribution in [3.63, 3.8) is 0 Å². The summed E-state index contributed by atoms with van der Waals surface area (Å²) in [5.74, 6) is -1.40. The molecule has 1 unspecified atom stereocenters. The molecule has 0 saturated carbocycles. The molecule has 0 aliphatic carbocycles. The predicted octanol–water partition coefficient (Wildman–Crippen LogP) is -0.259. The number of hydrogen-bond donors (Lipinski definition) is 3. The molecule has 80 valence electrons. The Hall–Kier alpha value is -1.36. The minimum absolute atomic E-state index is 0.196. The summed E-state index contributed by atoms with van der Waals surface area (Å²) in [6.07, 6.45) is 0. The van der Waals surface area contributed by atoms with Crippen molar-refractivity contribution in [1.29, 1.82) is 0 Å². The van der Waals surface area contributed by atoms with Crippen LogP contribution in [-0.2, 0) is 9.59 Å². The van der Waals surface area contributed by atoms with Crippen LogP contribution in [0.25, 0.3) is 0 Å². The smallest absolute Gasteiger partial charge is 0.327 e. The molecule has 0 radical (unpaired) electrons. The monoisotopic (exact) mass is 200 g/mol. The van der Waals surface area contributed by atoms with E-state index in [1.54, 1.807) is 0 Å². The third kappa shape index (κ3) is 6.19. The van der Waals surface area contributed by atoms with Crippen LogP contribution in [-0.4, -0.2) is 36.1 Å². The lowest BCUT2D eigenvalue weighted by Gasteiger charge is -2.13. The van der Waals surface area contributed by atoms with Crippen LogP contribution in [0.2, 0.25) is 0 Å². The largest absolute Gasteiger partial charge is 0.480 e. The molecular weight excluding hydrogens is 184 g/mol. The zero-order chi connectivity index (χ0) is 11.1. The van der Waals surface area contributed by atoms with Crippen molar-refractivity contribution in [3.05, 3.63) is 12.2 Å². The van der Waals surface area contributed by atoms with Crippen molar-refractivity contribution in [1.82, 2.24) is 10.6 Å². The van der Waals surface area contributed by atoms with E-state index in [9.17, 15) is 9.59 Å². The molecule has 5 heteroatoms. The Kier molecular flexibility index (Phi) is 5.55. The highest BCUT2D eigenvalue weighted by molar-refractivity contribution is 5.82. The lowest BCUT2D eigenvalue weighted by Crippen LogP contribution is -2.46. The molecule has 1 amide bonds. The van der Waals surface area contributed by atoms with Gasteiger partial charge < -0.3 is 15.7 Å². The van der Waals surface area contributed by atoms with Crippen LogP contribution in [0.1, 0.15) is 13.8 Å². The third-order valence-corrected chi connectivity index (χ3v) is 1.45. The van der Waals surface area contributed by atoms with Gasteiger partial charge in [0, 0.05) is 20.0 Å². The van der Waals surface area contributed by atoms with Gasteiger partial charge in [-0.25, -0.2) is 4.79 Å². The summed E-state index contributed by atoms with van der Waals surface area (Å²) < 4.78 is 0. The van der Waals surface area contributed by atoms with Gasteiger partial charge >= 0.3 is 5.97 Å². The summed E-state index contributed by atoms with van der Waals surface area (Å²) in [4.78, 5) is 21.3. The summed E-state index contributed by atoms with van der Waals surface area (Å²) in [5.41, 5.74) is 0.914. The molecule has 0 aromatic carbocycles. The number of hydrogen-bond acceptors (Lipinski definition) is 3. The minimum atomic E-state index is -1.05. The lowest BCUT2D eigenvalue weighted by molar-refractivity contribution is -0.141. The second-order valence-corrected chi connectivity index (χ2v) is 3.18. The number of amides is 1. The van der Waals surface area contributed by atoms with Crippen LogP contribution >= 0.6 is 0 Å². The first-order valence-corrected chi connectivity index (χ1v) is 4.28. The molecule has 0 heterocycles. The fourth-order valence-corrected chi connectivity index (χ4v) is 0.875. The number of carbonyl (C=O) groups is 2. The number of rotatable bonds is 6. The van der Waals surface area contributed by atoms with E-state index in [-0.39, 0.29) is 12.5 Å². The van der Waals surface area contributed by atoms with Crippen LogP contribution in [0.3, 0.4) is 0 Å². The Bertz CT molecular complexity index is 238. The zero-order valence-electron chi connectivity index (χ0n) is 8.46. The predicted molar refractivity (Wildman–Crippen MR) is 52.9 cm³/mol. The second kappa shape index (κ2) is 6.15. The Labute approximate surface area is 83.2 Å². The highest BCUT2D eigenvalue weighted by Crippen LogP contribution is 1.85. The van der Waals surface area contributed by atoms with Gasteiger partial charge in [-0.05, 0) is 6.92 Å². The molecule has 14 heavy (non-hydrogen) atoms. The average molecular weight is 200 g/mol. The summed E-state index contributed by atoms with van der Waals surface area (Å²) in [7, 11) is 0. The van der Waals surface area contributed by atoms with Crippen LogP contribution in [0.15, 0.2) is 12.2 Å². The Morgan fingerprint density at radius 3 is 2.36 bits per heavy atom. The van der Waals surface area contributed by atoms with E-state index in [1.165, 1.54) is 6.92 Å². The summed E-state index contributed by atoms with van der Waals surface area (Å²) >= 11 is 0. The van der Waals surface area contributed by atoms with Crippen molar-refractivity contribution in [2.75, 3.05) is 13.1 Å². The first-order chi connectivity index (χ1) is 6.43. The van der Waals surface area contributed by atoms with E-state index < -0.39 is 12.0 Å². The number of carboxylic acid groups (broad SMARTS) is 1. The Balaban J connectivity index is 3.91. The summed E-state index contributed by atoms with van der Waals surface area (Å²) in [6, 6.07) is -0.883. The van der Waals surface area contributed by atoms with Crippen molar-refractivity contribution in [3.8, 4) is 0 Å². The topological polar surface area (TPSA) is 78.4 Å². The highest BCUT2D eigenvalue weighted by Gasteiger charge is 2.17. The van der Waals surface area contributed by atoms with Gasteiger partial charge in [0.2, 0.25) is 5.91 Å². The second-order valence-electron chi connectivity index (χ2n) is 3.18. The maximum Gasteiger partial charge on any atom is 0.327 e. The van der Waals surface area contributed by atoms with E-state index in [0.29, 0.717) is 6.54 Å². The minimum Gasteiger partial charge on any atom is -0.480 e. The van der Waals surface area contributed by atoms with Gasteiger partial charge in [0.1, 0.15) is 6.04 Å². The van der Waals surface area contributed by atoms with Crippen LogP contribution in [0.5, 0.6) is 0 Å². The van der Waals surface area contributed by atoms with E-state index in [4.69, 9.17) is 5.11 Å². The van der Waals surface area contributed by atoms with E-state index in [1.807, 2.05) is 6.92 Å². The Morgan fingerprint density at radius 2 is 2.00 bits per heavy atom. The molecule has 0 aliphatic rings. The molecule has 0 spiro atoms. The molecule has 1 atom stereocenters. The fraction of sp³-hybridized carbons (Fsp3) is 0.556. The fourth-order valence-electron chi connectivity index (χ4n) is 0.875. The molecule has 0 aliphatic heterocycles. The van der Waals surface area contributed by atoms with E-state index >= 15 is 0 Å². The van der Waals surface area contributed by atoms with Crippen LogP contribution < -0.4 is 10.6 Å². The molecule has 5 nitrogen and oxygen atoms in total. The SMILES string of the molecule is C=C(C)CNCC(NC(C)=O)C(=O)O. The van der Waals surface area contributed by atoms with Crippen molar-refractivity contribution >= 4 is 11.9 Å². The van der Waals surface area contributed by atoms with Crippen molar-refractivity contribution < 1.29 is 14.7 Å². The quantitative estimate of drug-likeness (QED) is 0.516. The standard InChI is InChI=1S/C9H16N2O3/c1-6(2)4-10-5-8(9(13)14)11-7(3)12/h8,10H,1,4-5H2,2-3H3,(H,11,12)(H,13,14). The van der Waals surface area contributed by atoms with Gasteiger partial charge in [-0.3, -0.25) is 4.79 Å². The van der Waals surface area contributed by atoms with Crippen molar-refractivity contribution in [2.45, 2.75) is 19.9 Å². The normalized spacial score (nSPS) is 11.9. The molecule has 3 N–H and O–H groups in total. The maximum atomic E-state index is 10.6. The van der Waals surface area contributed by atoms with Gasteiger partial charge in [-0.1, -0.05) is 12.2 Å². The van der Waals surface area contributed by atoms with Gasteiger partial charge in [-0.2, -0.15) is 0 Å². The molecule has 0 saturated heterocycles. The molecule has 0 bridgehead atoms. The lowest BCUT2D eigenvalue weighted by atomic mass is 10.2. The molecule has 0 aromatic rings. The number of aliphatic carboxylic acids is 1. The highest BCUT2D eigenvalue weighted by atomic mass is 16.4. The van der Waals surface area contributed by atoms with E-state index in [2.05, 4.69) is 17.2 Å². The molecule has 0 rings (SSSR count). The van der Waals surface area contributed by atoms with Gasteiger partial charge in [0.15, 0.2) is 0 Å². The van der Waals surface area contributed by atoms with E-state index in [0.717, 1.165) is 5.57 Å². The summed E-state index contributed by atoms with van der Waals surface area (Å²) in [5, 5.41) is 13.9. The van der Waals surface area contributed by atoms with Crippen molar-refractivity contribution in [2.24, 2.45) is 0 Å². The summed E-state index contributed by atoms with van der Waals surface area (Å²) in [6.45, 7) is 7.52. The zero-order valence-corrected chi connectivity index (χ0v) is 8.46. The average Bonchev–Trinajstić information content (AvgIpc) is 2.00. The Morgan fingerprint density at radius 1 is 1.43 bits per heavy atom. The van der Waals surface area contributed by atoms with Crippen LogP contribution in [0.4, 0.5) is 0 Å². The number of nitrogens with one attached hydrogen (secondary N) is 2. The first-order valence-electron chi connectivity index (χ1n) is 4.28. The van der Waals surface area contributed by atoms with Gasteiger partial charge in [0.05, 0.1) is 0 Å². The maximum absolute atomic E-state index is 10.6. The van der Waals surface area contributed by atoms with Gasteiger partial charge in [0.25, 0.3) is 0 Å².